The van der Waals surface area contributed by atoms with Crippen LogP contribution in [0.2, 0.25) is 0 Å². The van der Waals surface area contributed by atoms with E-state index in [0.29, 0.717) is 23.3 Å². The van der Waals surface area contributed by atoms with Gasteiger partial charge in [0, 0.05) is 16.7 Å². The minimum absolute atomic E-state index is 0.253. The lowest BCUT2D eigenvalue weighted by Crippen LogP contribution is -1.89. The van der Waals surface area contributed by atoms with Crippen molar-refractivity contribution in [2.75, 3.05) is 5.73 Å². The molecule has 0 aliphatic carbocycles. The summed E-state index contributed by atoms with van der Waals surface area (Å²) in [5.41, 5.74) is 6.34. The van der Waals surface area contributed by atoms with Crippen LogP contribution in [0, 0.1) is 5.82 Å². The van der Waals surface area contributed by atoms with Gasteiger partial charge in [-0.25, -0.2) is 9.37 Å². The summed E-state index contributed by atoms with van der Waals surface area (Å²) in [7, 11) is 0. The highest BCUT2D eigenvalue weighted by atomic mass is 32.2. The Morgan fingerprint density at radius 3 is 2.76 bits per heavy atom. The van der Waals surface area contributed by atoms with Crippen LogP contribution in [-0.2, 0) is 5.75 Å². The predicted octanol–water partition coefficient (Wildman–Crippen LogP) is 3.15. The molecule has 0 aliphatic heterocycles. The SMILES string of the molecule is Nc1cc(-c2nc(CSc3ccc(F)cc3)no2)ccn1. The van der Waals surface area contributed by atoms with Crippen molar-refractivity contribution >= 4 is 17.6 Å². The number of pyridine rings is 1. The second-order valence-corrected chi connectivity index (χ2v) is 5.28. The molecule has 0 fully saturated rings. The van der Waals surface area contributed by atoms with E-state index in [1.165, 1.54) is 23.9 Å². The van der Waals surface area contributed by atoms with Crippen molar-refractivity contribution in [2.24, 2.45) is 0 Å². The van der Waals surface area contributed by atoms with Crippen LogP contribution < -0.4 is 5.73 Å². The Morgan fingerprint density at radius 2 is 2.00 bits per heavy atom. The van der Waals surface area contributed by atoms with E-state index in [0.717, 1.165) is 10.5 Å². The average molecular weight is 302 g/mol. The van der Waals surface area contributed by atoms with E-state index < -0.39 is 0 Å². The summed E-state index contributed by atoms with van der Waals surface area (Å²) >= 11 is 1.51. The molecule has 0 amide bonds. The highest BCUT2D eigenvalue weighted by Gasteiger charge is 2.09. The van der Waals surface area contributed by atoms with E-state index in [4.69, 9.17) is 10.3 Å². The van der Waals surface area contributed by atoms with Crippen molar-refractivity contribution in [1.29, 1.82) is 0 Å². The van der Waals surface area contributed by atoms with E-state index in [9.17, 15) is 4.39 Å². The van der Waals surface area contributed by atoms with Crippen molar-refractivity contribution in [3.05, 3.63) is 54.2 Å². The van der Waals surface area contributed by atoms with Gasteiger partial charge in [0.05, 0.1) is 5.75 Å². The van der Waals surface area contributed by atoms with E-state index in [1.807, 2.05) is 0 Å². The van der Waals surface area contributed by atoms with Crippen LogP contribution in [0.25, 0.3) is 11.5 Å². The molecule has 21 heavy (non-hydrogen) atoms. The lowest BCUT2D eigenvalue weighted by atomic mass is 10.2. The molecule has 0 aliphatic rings. The summed E-state index contributed by atoms with van der Waals surface area (Å²) in [6, 6.07) is 9.69. The number of aromatic nitrogens is 3. The maximum Gasteiger partial charge on any atom is 0.258 e. The molecule has 2 heterocycles. The normalized spacial score (nSPS) is 10.7. The maximum atomic E-state index is 12.8. The molecule has 106 valence electrons. The van der Waals surface area contributed by atoms with Crippen LogP contribution in [-0.4, -0.2) is 15.1 Å². The van der Waals surface area contributed by atoms with E-state index in [2.05, 4.69) is 15.1 Å². The minimum atomic E-state index is -0.253. The molecule has 3 aromatic rings. The molecule has 0 spiro atoms. The number of benzene rings is 1. The average Bonchev–Trinajstić information content (AvgIpc) is 2.96. The molecule has 1 aromatic carbocycles. The van der Waals surface area contributed by atoms with Crippen molar-refractivity contribution in [1.82, 2.24) is 15.1 Å². The van der Waals surface area contributed by atoms with E-state index in [-0.39, 0.29) is 5.82 Å². The minimum Gasteiger partial charge on any atom is -0.384 e. The van der Waals surface area contributed by atoms with Gasteiger partial charge in [0.15, 0.2) is 5.82 Å². The Morgan fingerprint density at radius 1 is 1.19 bits per heavy atom. The molecule has 2 aromatic heterocycles. The van der Waals surface area contributed by atoms with Gasteiger partial charge in [-0.05, 0) is 36.4 Å². The highest BCUT2D eigenvalue weighted by molar-refractivity contribution is 7.98. The first-order chi connectivity index (χ1) is 10.2. The number of nitrogen functional groups attached to an aromatic ring is 1. The number of nitrogens with two attached hydrogens (primary N) is 1. The third-order valence-electron chi connectivity index (χ3n) is 2.68. The lowest BCUT2D eigenvalue weighted by Gasteiger charge is -1.97. The van der Waals surface area contributed by atoms with Gasteiger partial charge in [-0.1, -0.05) is 5.16 Å². The molecule has 0 saturated carbocycles. The van der Waals surface area contributed by atoms with Crippen molar-refractivity contribution < 1.29 is 8.91 Å². The molecule has 0 atom stereocenters. The fourth-order valence-electron chi connectivity index (χ4n) is 1.69. The van der Waals surface area contributed by atoms with Crippen LogP contribution in [0.4, 0.5) is 10.2 Å². The van der Waals surface area contributed by atoms with Crippen LogP contribution in [0.3, 0.4) is 0 Å². The van der Waals surface area contributed by atoms with Gasteiger partial charge >= 0.3 is 0 Å². The fraction of sp³-hybridized carbons (Fsp3) is 0.0714. The van der Waals surface area contributed by atoms with Gasteiger partial charge in [-0.2, -0.15) is 4.98 Å². The summed E-state index contributed by atoms with van der Waals surface area (Å²) in [5.74, 6) is 1.65. The summed E-state index contributed by atoms with van der Waals surface area (Å²) in [6.07, 6.45) is 1.59. The number of halogens is 1. The van der Waals surface area contributed by atoms with Crippen LogP contribution in [0.5, 0.6) is 0 Å². The van der Waals surface area contributed by atoms with Gasteiger partial charge in [-0.15, -0.1) is 11.8 Å². The quantitative estimate of drug-likeness (QED) is 0.746. The molecule has 5 nitrogen and oxygen atoms in total. The summed E-state index contributed by atoms with van der Waals surface area (Å²) in [4.78, 5) is 9.15. The Labute approximate surface area is 124 Å². The Hall–Kier alpha value is -2.41. The van der Waals surface area contributed by atoms with Gasteiger partial charge in [0.25, 0.3) is 5.89 Å². The molecular formula is C14H11FN4OS. The number of thioether (sulfide) groups is 1. The third-order valence-corrected chi connectivity index (χ3v) is 3.69. The first-order valence-corrected chi connectivity index (χ1v) is 7.12. The number of hydrogen-bond acceptors (Lipinski definition) is 6. The molecule has 3 rings (SSSR count). The van der Waals surface area contributed by atoms with E-state index >= 15 is 0 Å². The zero-order valence-corrected chi connectivity index (χ0v) is 11.7. The summed E-state index contributed by atoms with van der Waals surface area (Å²) in [5, 5.41) is 3.91. The number of rotatable bonds is 4. The molecule has 0 bridgehead atoms. The summed E-state index contributed by atoms with van der Waals surface area (Å²) < 4.78 is 18.0. The standard InChI is InChI=1S/C14H11FN4OS/c15-10-1-3-11(4-2-10)21-8-13-18-14(20-19-13)9-5-6-17-12(16)7-9/h1-7H,8H2,(H2,16,17). The fourth-order valence-corrected chi connectivity index (χ4v) is 2.43. The Balaban J connectivity index is 1.69. The second-order valence-electron chi connectivity index (χ2n) is 4.23. The van der Waals surface area contributed by atoms with Gasteiger partial charge < -0.3 is 10.3 Å². The molecular weight excluding hydrogens is 291 g/mol. The Bertz CT molecular complexity index is 745. The number of nitrogens with zero attached hydrogens (tertiary/aromatic N) is 3. The molecule has 7 heteroatoms. The van der Waals surface area contributed by atoms with Crippen LogP contribution >= 0.6 is 11.8 Å². The monoisotopic (exact) mass is 302 g/mol. The van der Waals surface area contributed by atoms with Gasteiger partial charge in [0.2, 0.25) is 0 Å². The van der Waals surface area contributed by atoms with E-state index in [1.54, 1.807) is 30.5 Å². The topological polar surface area (TPSA) is 77.8 Å². The third kappa shape index (κ3) is 3.38. The first kappa shape index (κ1) is 13.6. The molecule has 2 N–H and O–H groups in total. The van der Waals surface area contributed by atoms with Crippen molar-refractivity contribution in [3.63, 3.8) is 0 Å². The summed E-state index contributed by atoms with van der Waals surface area (Å²) in [6.45, 7) is 0. The molecule has 0 saturated heterocycles. The van der Waals surface area contributed by atoms with Crippen LogP contribution in [0.15, 0.2) is 52.0 Å². The number of hydrogen-bond donors (Lipinski definition) is 1. The zero-order chi connectivity index (χ0) is 14.7. The lowest BCUT2D eigenvalue weighted by molar-refractivity contribution is 0.425. The van der Waals surface area contributed by atoms with Crippen molar-refractivity contribution in [2.45, 2.75) is 10.6 Å². The van der Waals surface area contributed by atoms with Crippen molar-refractivity contribution in [3.8, 4) is 11.5 Å². The number of anilines is 1. The largest absolute Gasteiger partial charge is 0.384 e. The van der Waals surface area contributed by atoms with Gasteiger partial charge in [-0.3, -0.25) is 0 Å². The molecule has 0 unspecified atom stereocenters. The predicted molar refractivity (Wildman–Crippen MR) is 77.9 cm³/mol. The zero-order valence-electron chi connectivity index (χ0n) is 10.9. The highest BCUT2D eigenvalue weighted by Crippen LogP contribution is 2.24. The maximum absolute atomic E-state index is 12.8. The first-order valence-electron chi connectivity index (χ1n) is 6.13. The smallest absolute Gasteiger partial charge is 0.258 e. The van der Waals surface area contributed by atoms with Crippen LogP contribution in [0.1, 0.15) is 5.82 Å². The second kappa shape index (κ2) is 5.92. The van der Waals surface area contributed by atoms with Gasteiger partial charge in [0.1, 0.15) is 11.6 Å². The molecule has 0 radical (unpaired) electrons. The Kier molecular flexibility index (Phi) is 3.83.